The van der Waals surface area contributed by atoms with Crippen molar-refractivity contribution in [3.63, 3.8) is 0 Å². The third-order valence-corrected chi connectivity index (χ3v) is 5.40. The Morgan fingerprint density at radius 3 is 2.96 bits per heavy atom. The molecule has 0 bridgehead atoms. The van der Waals surface area contributed by atoms with Gasteiger partial charge in [-0.05, 0) is 43.4 Å². The van der Waals surface area contributed by atoms with Gasteiger partial charge in [-0.25, -0.2) is 4.98 Å². The van der Waals surface area contributed by atoms with Gasteiger partial charge in [0, 0.05) is 45.6 Å². The van der Waals surface area contributed by atoms with Crippen molar-refractivity contribution in [1.82, 2.24) is 19.8 Å². The number of benzene rings is 1. The quantitative estimate of drug-likeness (QED) is 0.909. The normalized spacial score (nSPS) is 22.4. The number of rotatable bonds is 5. The van der Waals surface area contributed by atoms with Gasteiger partial charge in [0.2, 0.25) is 0 Å². The second-order valence-electron chi connectivity index (χ2n) is 7.26. The number of nitrogens with one attached hydrogen (secondary N) is 1. The number of aryl methyl sites for hydroxylation is 1. The maximum atomic E-state index is 6.18. The molecule has 2 fully saturated rings. The molecular weight excluding hydrogens is 312 g/mol. The average Bonchev–Trinajstić information content (AvgIpc) is 3.28. The second kappa shape index (κ2) is 7.58. The standard InChI is InChI=1S/C20H28N4O/c1-23-11-10-22-20(23)19-14-21-9-12-24(19)15-16-5-4-8-18(13-16)25-17-6-2-3-7-17/h4-5,8,10-11,13,17,19,21H,2-3,6-7,9,12,14-15H2,1H3. The number of nitrogens with zero attached hydrogens (tertiary/aromatic N) is 3. The summed E-state index contributed by atoms with van der Waals surface area (Å²) in [6.45, 7) is 3.94. The SMILES string of the molecule is Cn1ccnc1C1CNCCN1Cc1cccc(OC2CCCC2)c1. The van der Waals surface area contributed by atoms with Crippen LogP contribution in [0.25, 0.3) is 0 Å². The van der Waals surface area contributed by atoms with Crippen LogP contribution in [0.4, 0.5) is 0 Å². The Kier molecular flexibility index (Phi) is 5.04. The molecule has 25 heavy (non-hydrogen) atoms. The van der Waals surface area contributed by atoms with Gasteiger partial charge in [0.05, 0.1) is 12.1 Å². The number of ether oxygens (including phenoxy) is 1. The van der Waals surface area contributed by atoms with E-state index in [1.807, 2.05) is 12.4 Å². The van der Waals surface area contributed by atoms with E-state index in [1.165, 1.54) is 31.2 Å². The summed E-state index contributed by atoms with van der Waals surface area (Å²) in [6.07, 6.45) is 9.32. The van der Waals surface area contributed by atoms with Crippen LogP contribution in [0.3, 0.4) is 0 Å². The predicted molar refractivity (Wildman–Crippen MR) is 98.6 cm³/mol. The summed E-state index contributed by atoms with van der Waals surface area (Å²) < 4.78 is 8.31. The van der Waals surface area contributed by atoms with Gasteiger partial charge in [0.25, 0.3) is 0 Å². The van der Waals surface area contributed by atoms with Gasteiger partial charge in [0.15, 0.2) is 0 Å². The van der Waals surface area contributed by atoms with Gasteiger partial charge in [-0.3, -0.25) is 4.90 Å². The molecule has 1 N–H and O–H groups in total. The van der Waals surface area contributed by atoms with Crippen LogP contribution in [0.1, 0.15) is 43.1 Å². The average molecular weight is 340 g/mol. The lowest BCUT2D eigenvalue weighted by molar-refractivity contribution is 0.144. The summed E-state index contributed by atoms with van der Waals surface area (Å²) >= 11 is 0. The zero-order valence-electron chi connectivity index (χ0n) is 15.0. The maximum absolute atomic E-state index is 6.18. The zero-order chi connectivity index (χ0) is 17.1. The first-order valence-electron chi connectivity index (χ1n) is 9.47. The Balaban J connectivity index is 1.47. The van der Waals surface area contributed by atoms with E-state index in [1.54, 1.807) is 0 Å². The van der Waals surface area contributed by atoms with Crippen molar-refractivity contribution in [3.05, 3.63) is 48.0 Å². The minimum Gasteiger partial charge on any atom is -0.490 e. The van der Waals surface area contributed by atoms with Crippen molar-refractivity contribution >= 4 is 0 Å². The lowest BCUT2D eigenvalue weighted by Gasteiger charge is -2.35. The molecule has 1 aromatic carbocycles. The molecule has 0 radical (unpaired) electrons. The van der Waals surface area contributed by atoms with Gasteiger partial charge in [-0.2, -0.15) is 0 Å². The van der Waals surface area contributed by atoms with Crippen molar-refractivity contribution in [2.24, 2.45) is 7.05 Å². The molecule has 1 saturated carbocycles. The first-order chi connectivity index (χ1) is 12.3. The Morgan fingerprint density at radius 2 is 2.16 bits per heavy atom. The van der Waals surface area contributed by atoms with Crippen LogP contribution >= 0.6 is 0 Å². The van der Waals surface area contributed by atoms with E-state index in [9.17, 15) is 0 Å². The smallest absolute Gasteiger partial charge is 0.127 e. The van der Waals surface area contributed by atoms with Crippen molar-refractivity contribution in [2.45, 2.75) is 44.4 Å². The molecule has 1 saturated heterocycles. The molecule has 1 aliphatic heterocycles. The van der Waals surface area contributed by atoms with E-state index in [0.29, 0.717) is 12.1 Å². The fourth-order valence-electron chi connectivity index (χ4n) is 4.04. The Hall–Kier alpha value is -1.85. The zero-order valence-corrected chi connectivity index (χ0v) is 15.0. The van der Waals surface area contributed by atoms with E-state index in [2.05, 4.69) is 51.1 Å². The Labute approximate surface area is 150 Å². The fraction of sp³-hybridized carbons (Fsp3) is 0.550. The minimum absolute atomic E-state index is 0.313. The van der Waals surface area contributed by atoms with Crippen LogP contribution in [0.15, 0.2) is 36.7 Å². The van der Waals surface area contributed by atoms with Gasteiger partial charge in [-0.1, -0.05) is 12.1 Å². The highest BCUT2D eigenvalue weighted by Crippen LogP contribution is 2.27. The van der Waals surface area contributed by atoms with E-state index in [0.717, 1.165) is 37.8 Å². The highest BCUT2D eigenvalue weighted by atomic mass is 16.5. The van der Waals surface area contributed by atoms with Crippen molar-refractivity contribution in [2.75, 3.05) is 19.6 Å². The van der Waals surface area contributed by atoms with Crippen LogP contribution < -0.4 is 10.1 Å². The van der Waals surface area contributed by atoms with Crippen molar-refractivity contribution < 1.29 is 4.74 Å². The maximum Gasteiger partial charge on any atom is 0.127 e. The molecule has 2 aliphatic rings. The summed E-state index contributed by atoms with van der Waals surface area (Å²) in [6, 6.07) is 8.95. The van der Waals surface area contributed by atoms with Crippen LogP contribution in [0.2, 0.25) is 0 Å². The third kappa shape index (κ3) is 3.88. The summed E-state index contributed by atoms with van der Waals surface area (Å²) in [5.41, 5.74) is 1.32. The molecule has 4 rings (SSSR count). The Morgan fingerprint density at radius 1 is 1.28 bits per heavy atom. The number of hydrogen-bond donors (Lipinski definition) is 1. The largest absolute Gasteiger partial charge is 0.490 e. The predicted octanol–water partition coefficient (Wildman–Crippen LogP) is 2.89. The van der Waals surface area contributed by atoms with Gasteiger partial charge in [0.1, 0.15) is 11.6 Å². The highest BCUT2D eigenvalue weighted by molar-refractivity contribution is 5.29. The number of piperazine rings is 1. The molecule has 1 aliphatic carbocycles. The third-order valence-electron chi connectivity index (χ3n) is 5.40. The van der Waals surface area contributed by atoms with Gasteiger partial charge >= 0.3 is 0 Å². The van der Waals surface area contributed by atoms with E-state index in [4.69, 9.17) is 4.74 Å². The van der Waals surface area contributed by atoms with Crippen molar-refractivity contribution in [1.29, 1.82) is 0 Å². The molecule has 2 heterocycles. The molecule has 5 heteroatoms. The first kappa shape index (κ1) is 16.6. The fourth-order valence-corrected chi connectivity index (χ4v) is 4.04. The van der Waals surface area contributed by atoms with Gasteiger partial charge < -0.3 is 14.6 Å². The monoisotopic (exact) mass is 340 g/mol. The van der Waals surface area contributed by atoms with E-state index < -0.39 is 0 Å². The minimum atomic E-state index is 0.313. The summed E-state index contributed by atoms with van der Waals surface area (Å²) in [5.74, 6) is 2.15. The topological polar surface area (TPSA) is 42.3 Å². The summed E-state index contributed by atoms with van der Waals surface area (Å²) in [4.78, 5) is 7.10. The lowest BCUT2D eigenvalue weighted by atomic mass is 10.1. The summed E-state index contributed by atoms with van der Waals surface area (Å²) in [7, 11) is 2.07. The molecule has 1 unspecified atom stereocenters. The molecule has 0 spiro atoms. The van der Waals surface area contributed by atoms with Crippen LogP contribution in [-0.4, -0.2) is 40.2 Å². The first-order valence-corrected chi connectivity index (χ1v) is 9.47. The van der Waals surface area contributed by atoms with Crippen LogP contribution in [-0.2, 0) is 13.6 Å². The number of imidazole rings is 1. The molecule has 1 aromatic heterocycles. The lowest BCUT2D eigenvalue weighted by Crippen LogP contribution is -2.46. The molecule has 0 amide bonds. The second-order valence-corrected chi connectivity index (χ2v) is 7.26. The number of aromatic nitrogens is 2. The number of hydrogen-bond acceptors (Lipinski definition) is 4. The van der Waals surface area contributed by atoms with Crippen LogP contribution in [0.5, 0.6) is 5.75 Å². The highest BCUT2D eigenvalue weighted by Gasteiger charge is 2.26. The molecule has 5 nitrogen and oxygen atoms in total. The molecule has 134 valence electrons. The summed E-state index contributed by atoms with van der Waals surface area (Å²) in [5, 5.41) is 3.51. The molecule has 1 atom stereocenters. The van der Waals surface area contributed by atoms with Gasteiger partial charge in [-0.15, -0.1) is 0 Å². The Bertz CT molecular complexity index is 693. The van der Waals surface area contributed by atoms with E-state index >= 15 is 0 Å². The molecule has 2 aromatic rings. The van der Waals surface area contributed by atoms with E-state index in [-0.39, 0.29) is 0 Å². The molecular formula is C20H28N4O. The van der Waals surface area contributed by atoms with Crippen LogP contribution in [0, 0.1) is 0 Å². The van der Waals surface area contributed by atoms with Crippen molar-refractivity contribution in [3.8, 4) is 5.75 Å².